The maximum Gasteiger partial charge on any atom is 0.248 e. The average molecular weight is 482 g/mol. The largest absolute Gasteiger partial charge is 0.491 e. The molecule has 9 heteroatoms. The molecule has 182 valence electrons. The van der Waals surface area contributed by atoms with Crippen molar-refractivity contribution >= 4 is 16.6 Å². The van der Waals surface area contributed by atoms with Crippen molar-refractivity contribution in [1.29, 1.82) is 0 Å². The number of H-pyrrole nitrogens is 1. The fraction of sp³-hybridized carbons (Fsp3) is 0.259. The second-order valence-electron chi connectivity index (χ2n) is 9.13. The van der Waals surface area contributed by atoms with E-state index in [0.717, 1.165) is 77.4 Å². The second kappa shape index (κ2) is 9.52. The molecule has 36 heavy (non-hydrogen) atoms. The monoisotopic (exact) mass is 481 g/mol. The summed E-state index contributed by atoms with van der Waals surface area (Å²) in [6.45, 7) is 5.95. The maximum absolute atomic E-state index is 11.7. The Bertz CT molecular complexity index is 1570. The summed E-state index contributed by atoms with van der Waals surface area (Å²) in [6.07, 6.45) is 7.30. The van der Waals surface area contributed by atoms with E-state index in [0.29, 0.717) is 6.61 Å². The summed E-state index contributed by atoms with van der Waals surface area (Å²) in [5.74, 6) is 0.761. The maximum atomic E-state index is 11.7. The Morgan fingerprint density at radius 1 is 0.944 bits per heavy atom. The number of likely N-dealkylation sites (N-methyl/N-ethyl adjacent to an activating group) is 1. The molecule has 0 atom stereocenters. The highest BCUT2D eigenvalue weighted by atomic mass is 16.5. The van der Waals surface area contributed by atoms with E-state index in [1.807, 2.05) is 48.8 Å². The lowest BCUT2D eigenvalue weighted by atomic mass is 10.0. The first-order valence-electron chi connectivity index (χ1n) is 12.1. The van der Waals surface area contributed by atoms with Crippen LogP contribution in [0.5, 0.6) is 5.75 Å². The second-order valence-corrected chi connectivity index (χ2v) is 9.13. The van der Waals surface area contributed by atoms with Gasteiger partial charge < -0.3 is 14.6 Å². The molecule has 0 aliphatic carbocycles. The lowest BCUT2D eigenvalue weighted by Gasteiger charge is -2.32. The number of hydrogen-bond donors (Lipinski definition) is 1. The van der Waals surface area contributed by atoms with E-state index in [4.69, 9.17) is 9.72 Å². The number of nitrogens with zero attached hydrogens (tertiary/aromatic N) is 6. The minimum absolute atomic E-state index is 0.124. The molecule has 1 aliphatic rings. The number of pyridine rings is 2. The van der Waals surface area contributed by atoms with Crippen molar-refractivity contribution in [2.75, 3.05) is 46.4 Å². The van der Waals surface area contributed by atoms with Gasteiger partial charge >= 0.3 is 0 Å². The van der Waals surface area contributed by atoms with Gasteiger partial charge in [-0.15, -0.1) is 0 Å². The van der Waals surface area contributed by atoms with Gasteiger partial charge in [-0.25, -0.2) is 9.50 Å². The number of benzene rings is 1. The minimum Gasteiger partial charge on any atom is -0.491 e. The molecule has 9 nitrogen and oxygen atoms in total. The number of ether oxygens (including phenoxy) is 1. The van der Waals surface area contributed by atoms with Gasteiger partial charge in [0.2, 0.25) is 5.56 Å². The molecule has 6 rings (SSSR count). The molecular formula is C27H27N7O2. The Balaban J connectivity index is 1.18. The smallest absolute Gasteiger partial charge is 0.248 e. The predicted molar refractivity (Wildman–Crippen MR) is 139 cm³/mol. The van der Waals surface area contributed by atoms with Crippen LogP contribution in [0.3, 0.4) is 0 Å². The zero-order valence-corrected chi connectivity index (χ0v) is 20.1. The molecule has 0 saturated carbocycles. The Kier molecular flexibility index (Phi) is 5.92. The van der Waals surface area contributed by atoms with Gasteiger partial charge in [0.25, 0.3) is 0 Å². The summed E-state index contributed by atoms with van der Waals surface area (Å²) in [5.41, 5.74) is 4.93. The van der Waals surface area contributed by atoms with Crippen LogP contribution in [-0.4, -0.2) is 80.7 Å². The van der Waals surface area contributed by atoms with Gasteiger partial charge in [0, 0.05) is 73.2 Å². The van der Waals surface area contributed by atoms with Gasteiger partial charge in [0.05, 0.1) is 18.1 Å². The molecule has 1 fully saturated rings. The molecular weight excluding hydrogens is 454 g/mol. The highest BCUT2D eigenvalue weighted by Crippen LogP contribution is 2.30. The quantitative estimate of drug-likeness (QED) is 0.399. The number of aromatic amines is 1. The molecule has 0 amide bonds. The lowest BCUT2D eigenvalue weighted by molar-refractivity contribution is 0.133. The highest BCUT2D eigenvalue weighted by Gasteiger charge is 2.14. The Hall–Kier alpha value is -4.08. The van der Waals surface area contributed by atoms with Crippen molar-refractivity contribution in [2.45, 2.75) is 0 Å². The zero-order chi connectivity index (χ0) is 24.5. The first-order valence-corrected chi connectivity index (χ1v) is 12.1. The summed E-state index contributed by atoms with van der Waals surface area (Å²) in [5, 5.41) is 5.48. The summed E-state index contributed by atoms with van der Waals surface area (Å²) in [4.78, 5) is 28.7. The van der Waals surface area contributed by atoms with Crippen molar-refractivity contribution in [3.05, 3.63) is 77.6 Å². The molecule has 4 aromatic heterocycles. The molecule has 0 spiro atoms. The number of piperazine rings is 1. The van der Waals surface area contributed by atoms with Crippen molar-refractivity contribution in [3.8, 4) is 28.1 Å². The first-order chi connectivity index (χ1) is 17.6. The van der Waals surface area contributed by atoms with Crippen LogP contribution in [0.25, 0.3) is 38.9 Å². The van der Waals surface area contributed by atoms with Gasteiger partial charge in [-0.1, -0.05) is 12.1 Å². The standard InChI is InChI=1S/C27H27N7O2/c1-32-9-11-33(12-10-32)13-14-36-20-5-7-24(28-16-20)19-15-29-27-23(17-30-34(27)18-19)21-3-2-4-25-22(21)6-8-26(35)31-25/h2-8,15-18H,9-14H2,1H3,(H,31,35). The number of rotatable bonds is 6. The summed E-state index contributed by atoms with van der Waals surface area (Å²) >= 11 is 0. The third-order valence-corrected chi connectivity index (χ3v) is 6.72. The Morgan fingerprint density at radius 2 is 1.83 bits per heavy atom. The van der Waals surface area contributed by atoms with E-state index < -0.39 is 0 Å². The highest BCUT2D eigenvalue weighted by molar-refractivity contribution is 5.97. The summed E-state index contributed by atoms with van der Waals surface area (Å²) in [7, 11) is 2.16. The van der Waals surface area contributed by atoms with Crippen molar-refractivity contribution in [2.24, 2.45) is 0 Å². The number of hydrogen-bond acceptors (Lipinski definition) is 7. The summed E-state index contributed by atoms with van der Waals surface area (Å²) < 4.78 is 7.68. The molecule has 0 radical (unpaired) electrons. The van der Waals surface area contributed by atoms with Crippen LogP contribution in [0.4, 0.5) is 0 Å². The molecule has 1 aromatic carbocycles. The normalized spacial score (nSPS) is 15.0. The van der Waals surface area contributed by atoms with E-state index in [1.165, 1.54) is 6.07 Å². The zero-order valence-electron chi connectivity index (χ0n) is 20.1. The molecule has 1 aliphatic heterocycles. The van der Waals surface area contributed by atoms with E-state index >= 15 is 0 Å². The van der Waals surface area contributed by atoms with E-state index in [9.17, 15) is 4.79 Å². The average Bonchev–Trinajstić information content (AvgIpc) is 3.33. The molecule has 5 aromatic rings. The first kappa shape index (κ1) is 22.4. The van der Waals surface area contributed by atoms with Gasteiger partial charge in [0.1, 0.15) is 12.4 Å². The lowest BCUT2D eigenvalue weighted by Crippen LogP contribution is -2.45. The number of aromatic nitrogens is 5. The van der Waals surface area contributed by atoms with Crippen LogP contribution in [0.2, 0.25) is 0 Å². The van der Waals surface area contributed by atoms with Crippen LogP contribution in [0.1, 0.15) is 0 Å². The van der Waals surface area contributed by atoms with Gasteiger partial charge in [-0.2, -0.15) is 5.10 Å². The van der Waals surface area contributed by atoms with E-state index in [-0.39, 0.29) is 5.56 Å². The van der Waals surface area contributed by atoms with Crippen LogP contribution in [0, 0.1) is 0 Å². The van der Waals surface area contributed by atoms with Crippen LogP contribution in [-0.2, 0) is 0 Å². The fourth-order valence-electron chi connectivity index (χ4n) is 4.62. The fourth-order valence-corrected chi connectivity index (χ4v) is 4.62. The van der Waals surface area contributed by atoms with Crippen molar-refractivity contribution in [3.63, 3.8) is 0 Å². The number of nitrogens with one attached hydrogen (secondary N) is 1. The van der Waals surface area contributed by atoms with E-state index in [1.54, 1.807) is 16.9 Å². The van der Waals surface area contributed by atoms with Gasteiger partial charge in [0.15, 0.2) is 5.65 Å². The third kappa shape index (κ3) is 4.46. The summed E-state index contributed by atoms with van der Waals surface area (Å²) in [6, 6.07) is 13.1. The number of fused-ring (bicyclic) bond motifs is 2. The van der Waals surface area contributed by atoms with Crippen LogP contribution < -0.4 is 10.3 Å². The molecule has 0 bridgehead atoms. The molecule has 0 unspecified atom stereocenters. The van der Waals surface area contributed by atoms with Crippen molar-refractivity contribution < 1.29 is 4.74 Å². The Labute approximate surface area is 208 Å². The Morgan fingerprint density at radius 3 is 2.67 bits per heavy atom. The molecule has 5 heterocycles. The van der Waals surface area contributed by atoms with E-state index in [2.05, 4.69) is 31.9 Å². The van der Waals surface area contributed by atoms with Gasteiger partial charge in [-0.05, 0) is 36.9 Å². The SMILES string of the molecule is CN1CCN(CCOc2ccc(-c3cnc4c(-c5cccc6[nH]c(=O)ccc56)cnn4c3)nc2)CC1. The van der Waals surface area contributed by atoms with Crippen LogP contribution in [0.15, 0.2) is 72.0 Å². The topological polar surface area (TPSA) is 91.6 Å². The molecule has 1 saturated heterocycles. The minimum atomic E-state index is -0.124. The van der Waals surface area contributed by atoms with Gasteiger partial charge in [-0.3, -0.25) is 14.7 Å². The van der Waals surface area contributed by atoms with Crippen molar-refractivity contribution in [1.82, 2.24) is 34.4 Å². The molecule has 1 N–H and O–H groups in total. The third-order valence-electron chi connectivity index (χ3n) is 6.72. The predicted octanol–water partition coefficient (Wildman–Crippen LogP) is 2.93. The van der Waals surface area contributed by atoms with Crippen LogP contribution >= 0.6 is 0 Å².